The van der Waals surface area contributed by atoms with Gasteiger partial charge in [-0.2, -0.15) is 0 Å². The van der Waals surface area contributed by atoms with E-state index in [-0.39, 0.29) is 17.4 Å². The molecule has 0 bridgehead atoms. The molecule has 0 saturated heterocycles. The van der Waals surface area contributed by atoms with Gasteiger partial charge < -0.3 is 14.8 Å². The molecule has 0 aliphatic rings. The van der Waals surface area contributed by atoms with Crippen LogP contribution in [0.2, 0.25) is 0 Å². The minimum absolute atomic E-state index is 0.0786. The molecule has 0 saturated carbocycles. The standard InChI is InChI=1S/C22H22N2O5S/c1-2-28-20-12-8-18(9-13-20)24-30(26,27)21-14-10-17(11-15-21)23-22(25)16-29-19-6-4-3-5-7-19/h3-15,24H,2,16H2,1H3,(H,23,25). The van der Waals surface area contributed by atoms with Gasteiger partial charge in [0.15, 0.2) is 6.61 Å². The summed E-state index contributed by atoms with van der Waals surface area (Å²) in [5.41, 5.74) is 0.894. The van der Waals surface area contributed by atoms with Gasteiger partial charge >= 0.3 is 0 Å². The first kappa shape index (κ1) is 21.2. The van der Waals surface area contributed by atoms with Gasteiger partial charge in [0.1, 0.15) is 11.5 Å². The third-order valence-electron chi connectivity index (χ3n) is 3.98. The summed E-state index contributed by atoms with van der Waals surface area (Å²) in [6.45, 7) is 2.26. The van der Waals surface area contributed by atoms with E-state index in [0.29, 0.717) is 29.5 Å². The smallest absolute Gasteiger partial charge is 0.262 e. The molecule has 156 valence electrons. The molecule has 0 radical (unpaired) electrons. The van der Waals surface area contributed by atoms with Gasteiger partial charge in [-0.1, -0.05) is 18.2 Å². The highest BCUT2D eigenvalue weighted by atomic mass is 32.2. The Bertz CT molecular complexity index is 1070. The maximum Gasteiger partial charge on any atom is 0.262 e. The number of hydrogen-bond acceptors (Lipinski definition) is 5. The molecule has 8 heteroatoms. The molecule has 3 aromatic carbocycles. The fraction of sp³-hybridized carbons (Fsp3) is 0.136. The van der Waals surface area contributed by atoms with Gasteiger partial charge in [0.2, 0.25) is 0 Å². The van der Waals surface area contributed by atoms with Crippen molar-refractivity contribution in [1.82, 2.24) is 0 Å². The molecule has 0 aliphatic carbocycles. The quantitative estimate of drug-likeness (QED) is 0.541. The maximum absolute atomic E-state index is 12.6. The number of benzene rings is 3. The van der Waals surface area contributed by atoms with E-state index in [1.165, 1.54) is 24.3 Å². The number of amides is 1. The van der Waals surface area contributed by atoms with E-state index < -0.39 is 10.0 Å². The van der Waals surface area contributed by atoms with Crippen LogP contribution in [0.1, 0.15) is 6.92 Å². The summed E-state index contributed by atoms with van der Waals surface area (Å²) >= 11 is 0. The maximum atomic E-state index is 12.6. The molecule has 2 N–H and O–H groups in total. The highest BCUT2D eigenvalue weighted by Crippen LogP contribution is 2.21. The molecule has 0 spiro atoms. The molecule has 0 unspecified atom stereocenters. The van der Waals surface area contributed by atoms with Crippen molar-refractivity contribution in [2.45, 2.75) is 11.8 Å². The van der Waals surface area contributed by atoms with Gasteiger partial charge in [-0.15, -0.1) is 0 Å². The lowest BCUT2D eigenvalue weighted by atomic mass is 10.3. The molecule has 3 aromatic rings. The molecule has 0 fully saturated rings. The van der Waals surface area contributed by atoms with Crippen molar-refractivity contribution in [3.05, 3.63) is 78.9 Å². The number of ether oxygens (including phenoxy) is 2. The van der Waals surface area contributed by atoms with Crippen molar-refractivity contribution in [2.75, 3.05) is 23.3 Å². The number of carbonyl (C=O) groups excluding carboxylic acids is 1. The number of hydrogen-bond donors (Lipinski definition) is 2. The topological polar surface area (TPSA) is 93.7 Å². The molecule has 30 heavy (non-hydrogen) atoms. The van der Waals surface area contributed by atoms with Crippen LogP contribution in [0.15, 0.2) is 83.8 Å². The van der Waals surface area contributed by atoms with Gasteiger partial charge in [-0.05, 0) is 67.6 Å². The molecule has 1 amide bonds. The van der Waals surface area contributed by atoms with E-state index in [4.69, 9.17) is 9.47 Å². The number of carbonyl (C=O) groups is 1. The number of rotatable bonds is 9. The highest BCUT2D eigenvalue weighted by molar-refractivity contribution is 7.92. The zero-order chi connectivity index (χ0) is 21.4. The summed E-state index contributed by atoms with van der Waals surface area (Å²) < 4.78 is 38.3. The normalized spacial score (nSPS) is 10.8. The number of nitrogens with one attached hydrogen (secondary N) is 2. The van der Waals surface area contributed by atoms with Crippen LogP contribution < -0.4 is 19.5 Å². The monoisotopic (exact) mass is 426 g/mol. The van der Waals surface area contributed by atoms with E-state index in [2.05, 4.69) is 10.0 Å². The summed E-state index contributed by atoms with van der Waals surface area (Å²) in [5, 5.41) is 2.67. The van der Waals surface area contributed by atoms with Gasteiger partial charge in [0, 0.05) is 11.4 Å². The first-order valence-electron chi connectivity index (χ1n) is 9.30. The van der Waals surface area contributed by atoms with E-state index in [9.17, 15) is 13.2 Å². The Labute approximate surface area is 175 Å². The second kappa shape index (κ2) is 9.80. The average Bonchev–Trinajstić information content (AvgIpc) is 2.75. The number of sulfonamides is 1. The highest BCUT2D eigenvalue weighted by Gasteiger charge is 2.14. The summed E-state index contributed by atoms with van der Waals surface area (Å²) in [7, 11) is -3.76. The van der Waals surface area contributed by atoms with E-state index in [1.54, 1.807) is 36.4 Å². The molecule has 0 atom stereocenters. The predicted octanol–water partition coefficient (Wildman–Crippen LogP) is 3.90. The van der Waals surface area contributed by atoms with E-state index >= 15 is 0 Å². The van der Waals surface area contributed by atoms with Crippen molar-refractivity contribution >= 4 is 27.3 Å². The molecule has 0 heterocycles. The summed E-state index contributed by atoms with van der Waals surface area (Å²) in [4.78, 5) is 12.1. The Morgan fingerprint density at radius 1 is 0.800 bits per heavy atom. The predicted molar refractivity (Wildman–Crippen MR) is 115 cm³/mol. The molecular formula is C22H22N2O5S. The zero-order valence-corrected chi connectivity index (χ0v) is 17.2. The zero-order valence-electron chi connectivity index (χ0n) is 16.4. The van der Waals surface area contributed by atoms with Crippen molar-refractivity contribution in [1.29, 1.82) is 0 Å². The lowest BCUT2D eigenvalue weighted by Gasteiger charge is -2.11. The third kappa shape index (κ3) is 5.99. The van der Waals surface area contributed by atoms with Crippen molar-refractivity contribution in [2.24, 2.45) is 0 Å². The van der Waals surface area contributed by atoms with Crippen LogP contribution in [-0.4, -0.2) is 27.5 Å². The Kier molecular flexibility index (Phi) is 6.92. The minimum atomic E-state index is -3.76. The Morgan fingerprint density at radius 3 is 2.03 bits per heavy atom. The SMILES string of the molecule is CCOc1ccc(NS(=O)(=O)c2ccc(NC(=O)COc3ccccc3)cc2)cc1. The molecular weight excluding hydrogens is 404 g/mol. The third-order valence-corrected chi connectivity index (χ3v) is 5.38. The van der Waals surface area contributed by atoms with Crippen molar-refractivity contribution in [3.8, 4) is 11.5 Å². The van der Waals surface area contributed by atoms with Crippen molar-refractivity contribution in [3.63, 3.8) is 0 Å². The second-order valence-electron chi connectivity index (χ2n) is 6.24. The fourth-order valence-corrected chi connectivity index (χ4v) is 3.64. The Morgan fingerprint density at radius 2 is 1.40 bits per heavy atom. The Balaban J connectivity index is 1.57. The Hall–Kier alpha value is -3.52. The number of anilines is 2. The summed E-state index contributed by atoms with van der Waals surface area (Å²) in [6, 6.07) is 21.5. The molecule has 3 rings (SSSR count). The second-order valence-corrected chi connectivity index (χ2v) is 7.92. The van der Waals surface area contributed by atoms with Crippen LogP contribution in [0, 0.1) is 0 Å². The van der Waals surface area contributed by atoms with Crippen LogP contribution in [0.3, 0.4) is 0 Å². The van der Waals surface area contributed by atoms with Gasteiger partial charge in [-0.25, -0.2) is 8.42 Å². The van der Waals surface area contributed by atoms with Gasteiger partial charge in [0.25, 0.3) is 15.9 Å². The van der Waals surface area contributed by atoms with Crippen LogP contribution >= 0.6 is 0 Å². The van der Waals surface area contributed by atoms with Crippen molar-refractivity contribution < 1.29 is 22.7 Å². The lowest BCUT2D eigenvalue weighted by Crippen LogP contribution is -2.20. The largest absolute Gasteiger partial charge is 0.494 e. The van der Waals surface area contributed by atoms with Crippen LogP contribution in [0.25, 0.3) is 0 Å². The van der Waals surface area contributed by atoms with Crippen LogP contribution in [0.5, 0.6) is 11.5 Å². The molecule has 0 aromatic heterocycles. The van der Waals surface area contributed by atoms with Gasteiger partial charge in [-0.3, -0.25) is 9.52 Å². The first-order chi connectivity index (χ1) is 14.5. The first-order valence-corrected chi connectivity index (χ1v) is 10.8. The van der Waals surface area contributed by atoms with Crippen LogP contribution in [0.4, 0.5) is 11.4 Å². The minimum Gasteiger partial charge on any atom is -0.494 e. The van der Waals surface area contributed by atoms with Gasteiger partial charge in [0.05, 0.1) is 11.5 Å². The van der Waals surface area contributed by atoms with Crippen LogP contribution in [-0.2, 0) is 14.8 Å². The average molecular weight is 426 g/mol. The van der Waals surface area contributed by atoms with E-state index in [1.807, 2.05) is 25.1 Å². The summed E-state index contributed by atoms with van der Waals surface area (Å²) in [5.74, 6) is 0.910. The fourth-order valence-electron chi connectivity index (χ4n) is 2.58. The lowest BCUT2D eigenvalue weighted by molar-refractivity contribution is -0.118. The molecule has 7 nitrogen and oxygen atoms in total. The van der Waals surface area contributed by atoms with E-state index in [0.717, 1.165) is 0 Å². The molecule has 0 aliphatic heterocycles. The summed E-state index contributed by atoms with van der Waals surface area (Å²) in [6.07, 6.45) is 0. The number of para-hydroxylation sites is 1.